The highest BCUT2D eigenvalue weighted by atomic mass is 35.5. The summed E-state index contributed by atoms with van der Waals surface area (Å²) in [4.78, 5) is 24.0. The number of fused-ring (bicyclic) bond motifs is 2. The number of thioether (sulfide) groups is 1. The number of rotatable bonds is 13. The van der Waals surface area contributed by atoms with Crippen LogP contribution < -0.4 is 25.8 Å². The summed E-state index contributed by atoms with van der Waals surface area (Å²) < 4.78 is 23.8. The van der Waals surface area contributed by atoms with E-state index in [1.807, 2.05) is 30.5 Å². The predicted octanol–water partition coefficient (Wildman–Crippen LogP) is 13.1. The first kappa shape index (κ1) is 54.9. The molecular weight excluding hydrogens is 1100 g/mol. The van der Waals surface area contributed by atoms with Crippen LogP contribution in [0, 0.1) is 22.7 Å². The van der Waals surface area contributed by atoms with E-state index in [0.717, 1.165) is 101 Å². The van der Waals surface area contributed by atoms with Crippen LogP contribution in [0.2, 0.25) is 20.1 Å². The van der Waals surface area contributed by atoms with Gasteiger partial charge in [-0.3, -0.25) is 9.80 Å². The van der Waals surface area contributed by atoms with Gasteiger partial charge in [-0.05, 0) is 59.8 Å². The van der Waals surface area contributed by atoms with Gasteiger partial charge in [0.1, 0.15) is 28.3 Å². The quantitative estimate of drug-likeness (QED) is 0.0728. The third-order valence-electron chi connectivity index (χ3n) is 11.3. The van der Waals surface area contributed by atoms with Crippen molar-refractivity contribution in [2.75, 3.05) is 89.4 Å². The number of hydrogen-bond acceptors (Lipinski definition) is 19. The fourth-order valence-corrected chi connectivity index (χ4v) is 12.2. The van der Waals surface area contributed by atoms with Gasteiger partial charge in [-0.15, -0.1) is 11.3 Å². The zero-order chi connectivity index (χ0) is 52.1. The lowest BCUT2D eigenvalue weighted by molar-refractivity contribution is 0.0341. The van der Waals surface area contributed by atoms with Gasteiger partial charge < -0.3 is 35.3 Å². The number of nitrogens with one attached hydrogen (secondary N) is 2. The number of halogens is 4. The Morgan fingerprint density at radius 3 is 1.82 bits per heavy atom. The molecule has 0 amide bonds. The van der Waals surface area contributed by atoms with Crippen molar-refractivity contribution in [3.63, 3.8) is 0 Å². The summed E-state index contributed by atoms with van der Waals surface area (Å²) in [6, 6.07) is 27.4. The summed E-state index contributed by atoms with van der Waals surface area (Å²) in [6.45, 7) is 9.16. The molecule has 4 aromatic carbocycles. The van der Waals surface area contributed by atoms with E-state index >= 15 is 0 Å². The average molecular weight is 1150 g/mol. The molecule has 0 unspecified atom stereocenters. The lowest BCUT2D eigenvalue weighted by Gasteiger charge is -2.26. The Morgan fingerprint density at radius 1 is 0.689 bits per heavy atom. The number of nitrogens with two attached hydrogens (primary N) is 1. The number of hydrogen-bond donors (Lipinski definition) is 3. The largest absolute Gasteiger partial charge is 0.495 e. The molecule has 0 radical (unpaired) electrons. The third kappa shape index (κ3) is 14.1. The number of nitrogen functional groups attached to an aromatic ring is 1. The van der Waals surface area contributed by atoms with E-state index in [1.165, 1.54) is 65.1 Å². The highest BCUT2D eigenvalue weighted by Crippen LogP contribution is 2.45. The molecular formula is C51H47Cl4N11O4S4. The maximum Gasteiger partial charge on any atom is 0.189 e. The summed E-state index contributed by atoms with van der Waals surface area (Å²) >= 11 is 30.8. The van der Waals surface area contributed by atoms with Crippen molar-refractivity contribution in [1.29, 1.82) is 10.5 Å². The maximum absolute atomic E-state index is 9.71. The minimum atomic E-state index is 0.371. The fraction of sp³-hybridized carbons (Fsp3) is 0.255. The molecule has 382 valence electrons. The molecule has 74 heavy (non-hydrogen) atoms. The van der Waals surface area contributed by atoms with Crippen molar-refractivity contribution in [3.8, 4) is 23.6 Å². The second-order valence-electron chi connectivity index (χ2n) is 16.2. The predicted molar refractivity (Wildman–Crippen MR) is 302 cm³/mol. The van der Waals surface area contributed by atoms with Crippen LogP contribution in [-0.4, -0.2) is 103 Å². The lowest BCUT2D eigenvalue weighted by atomic mass is 10.2. The third-order valence-corrected chi connectivity index (χ3v) is 17.0. The molecule has 0 spiro atoms. The van der Waals surface area contributed by atoms with Gasteiger partial charge >= 0.3 is 0 Å². The standard InChI is InChI=1S/C25H22Cl2N6O2S.C15H9Cl2N3OS3.C11H16N2O/c1-34-21-11-20(18(26)10-19(21)27)31-22-16(12-28)13-29-24-23(22)36-25(32-24)30-17-4-2-15(3-5-17)14-33-6-8-35-9-7-33;1-21-10-4-11(9(17)3-8(10)16)23-12-7(5-18)6-19-14-13(12)24-15(20-14)22-2;12-11-3-1-10(2-4-11)9-13-5-7-14-8-6-13/h2-5,10-11,13H,6-9,14H2,1H3,(H2,29,30,31,32);3-4,6H,1-2H3;1-4H,5-9,12H2. The van der Waals surface area contributed by atoms with Gasteiger partial charge in [-0.1, -0.05) is 106 Å². The normalized spacial score (nSPS) is 13.7. The number of pyridine rings is 2. The van der Waals surface area contributed by atoms with Gasteiger partial charge in [0.2, 0.25) is 0 Å². The van der Waals surface area contributed by atoms with Crippen molar-refractivity contribution < 1.29 is 18.9 Å². The molecule has 0 aliphatic carbocycles. The topological polar surface area (TPSA) is 193 Å². The summed E-state index contributed by atoms with van der Waals surface area (Å²) in [5.74, 6) is 0.998. The van der Waals surface area contributed by atoms with E-state index in [2.05, 4.69) is 76.8 Å². The van der Waals surface area contributed by atoms with Crippen molar-refractivity contribution in [2.45, 2.75) is 27.2 Å². The number of nitrogens with zero attached hydrogens (tertiary/aromatic N) is 8. The Balaban J connectivity index is 0.000000164. The second-order valence-corrected chi connectivity index (χ2v) is 22.0. The lowest BCUT2D eigenvalue weighted by Crippen LogP contribution is -2.35. The second kappa shape index (κ2) is 26.4. The fourth-order valence-electron chi connectivity index (χ4n) is 7.49. The van der Waals surface area contributed by atoms with Gasteiger partial charge in [0.15, 0.2) is 20.8 Å². The molecule has 4 aromatic heterocycles. The molecule has 4 N–H and O–H groups in total. The zero-order valence-corrected chi connectivity index (χ0v) is 46.4. The average Bonchev–Trinajstić information content (AvgIpc) is 4.05. The van der Waals surface area contributed by atoms with Crippen LogP contribution in [0.4, 0.5) is 27.9 Å². The van der Waals surface area contributed by atoms with Crippen molar-refractivity contribution in [3.05, 3.63) is 128 Å². The monoisotopic (exact) mass is 1150 g/mol. The molecule has 0 saturated carbocycles. The first-order chi connectivity index (χ1) is 35.9. The molecule has 6 heterocycles. The van der Waals surface area contributed by atoms with Crippen LogP contribution in [0.5, 0.6) is 11.5 Å². The highest BCUT2D eigenvalue weighted by molar-refractivity contribution is 8.01. The van der Waals surface area contributed by atoms with Gasteiger partial charge in [-0.25, -0.2) is 15.0 Å². The summed E-state index contributed by atoms with van der Waals surface area (Å²) in [6.07, 6.45) is 4.99. The molecule has 10 rings (SSSR count). The Morgan fingerprint density at radius 2 is 1.24 bits per heavy atom. The highest BCUT2D eigenvalue weighted by Gasteiger charge is 2.20. The smallest absolute Gasteiger partial charge is 0.189 e. The van der Waals surface area contributed by atoms with E-state index in [0.29, 0.717) is 70.5 Å². The van der Waals surface area contributed by atoms with Crippen LogP contribution in [0.1, 0.15) is 22.3 Å². The van der Waals surface area contributed by atoms with E-state index in [1.54, 1.807) is 43.1 Å². The number of benzene rings is 4. The number of morpholine rings is 2. The number of thiazole rings is 2. The Bertz CT molecular complexity index is 3310. The number of methoxy groups -OCH3 is 2. The van der Waals surface area contributed by atoms with Gasteiger partial charge in [0.05, 0.1) is 92.8 Å². The number of anilines is 5. The van der Waals surface area contributed by atoms with E-state index < -0.39 is 0 Å². The summed E-state index contributed by atoms with van der Waals surface area (Å²) in [7, 11) is 3.07. The van der Waals surface area contributed by atoms with Gasteiger partial charge in [-0.2, -0.15) is 15.5 Å². The van der Waals surface area contributed by atoms with Crippen molar-refractivity contribution >= 4 is 141 Å². The molecule has 0 atom stereocenters. The van der Waals surface area contributed by atoms with Crippen LogP contribution in [0.25, 0.3) is 20.7 Å². The van der Waals surface area contributed by atoms with Crippen molar-refractivity contribution in [1.82, 2.24) is 29.7 Å². The molecule has 2 saturated heterocycles. The maximum atomic E-state index is 9.71. The molecule has 0 bridgehead atoms. The molecule has 2 aliphatic rings. The van der Waals surface area contributed by atoms with Crippen LogP contribution in [-0.2, 0) is 22.6 Å². The zero-order valence-electron chi connectivity index (χ0n) is 40.1. The molecule has 23 heteroatoms. The van der Waals surface area contributed by atoms with Gasteiger partial charge in [0.25, 0.3) is 0 Å². The summed E-state index contributed by atoms with van der Waals surface area (Å²) in [5, 5.41) is 28.1. The molecule has 2 fully saturated rings. The van der Waals surface area contributed by atoms with E-state index in [9.17, 15) is 10.5 Å². The van der Waals surface area contributed by atoms with E-state index in [-0.39, 0.29) is 0 Å². The van der Waals surface area contributed by atoms with E-state index in [4.69, 9.17) is 71.1 Å². The number of ether oxygens (including phenoxy) is 4. The van der Waals surface area contributed by atoms with Crippen molar-refractivity contribution in [2.24, 2.45) is 0 Å². The SMILES string of the molecule is COc1cc(Nc2c(C#N)cnc3nc(Nc4ccc(CN5CCOCC5)cc4)sc23)c(Cl)cc1Cl.COc1cc(Sc2c(C#N)cnc3nc(SC)sc23)c(Cl)cc1Cl.Nc1ccc(CN2CCOCC2)cc1. The molecule has 2 aliphatic heterocycles. The van der Waals surface area contributed by atoms with Crippen LogP contribution in [0.3, 0.4) is 0 Å². The van der Waals surface area contributed by atoms with Crippen LogP contribution in [0.15, 0.2) is 99.3 Å². The first-order valence-electron chi connectivity index (χ1n) is 22.7. The van der Waals surface area contributed by atoms with Gasteiger partial charge in [0, 0.05) is 74.0 Å². The first-order valence-corrected chi connectivity index (χ1v) is 27.9. The minimum absolute atomic E-state index is 0.371. The molecule has 15 nitrogen and oxygen atoms in total. The minimum Gasteiger partial charge on any atom is -0.495 e. The Labute approximate surface area is 464 Å². The number of aromatic nitrogens is 4. The summed E-state index contributed by atoms with van der Waals surface area (Å²) in [5.41, 5.74) is 13.1. The molecule has 8 aromatic rings. The Kier molecular flexibility index (Phi) is 19.6. The number of nitriles is 2. The Hall–Kier alpha value is -5.36. The van der Waals surface area contributed by atoms with Crippen LogP contribution >= 0.6 is 92.6 Å².